The Morgan fingerprint density at radius 1 is 1.14 bits per heavy atom. The number of nitrogens with zero attached hydrogens (tertiary/aromatic N) is 1. The Hall–Kier alpha value is -2.27. The zero-order valence-corrected chi connectivity index (χ0v) is 11.8. The van der Waals surface area contributed by atoms with Crippen LogP contribution in [0.25, 0.3) is 0 Å². The molecule has 0 saturated heterocycles. The lowest BCUT2D eigenvalue weighted by Crippen LogP contribution is -2.21. The number of nitro groups is 1. The molecule has 0 aliphatic heterocycles. The van der Waals surface area contributed by atoms with Crippen molar-refractivity contribution in [3.05, 3.63) is 75.6 Å². The summed E-state index contributed by atoms with van der Waals surface area (Å²) < 4.78 is 12.8. The number of non-ortho nitro benzene ring substituents is 1. The first-order chi connectivity index (χ1) is 10.1. The fourth-order valence-electron chi connectivity index (χ4n) is 2.09. The third-order valence-corrected chi connectivity index (χ3v) is 3.38. The van der Waals surface area contributed by atoms with Crippen LogP contribution in [0, 0.1) is 15.9 Å². The molecule has 21 heavy (non-hydrogen) atoms. The molecule has 0 radical (unpaired) electrons. The molecule has 0 aromatic heterocycles. The van der Waals surface area contributed by atoms with Crippen molar-refractivity contribution in [2.24, 2.45) is 0 Å². The van der Waals surface area contributed by atoms with Gasteiger partial charge in [-0.25, -0.2) is 4.39 Å². The summed E-state index contributed by atoms with van der Waals surface area (Å²) >= 11 is 0. The van der Waals surface area contributed by atoms with E-state index in [4.69, 9.17) is 0 Å². The number of halogens is 1. The predicted octanol–water partition coefficient (Wildman–Crippen LogP) is 3.63. The summed E-state index contributed by atoms with van der Waals surface area (Å²) in [5.41, 5.74) is 2.17. The van der Waals surface area contributed by atoms with E-state index in [0.717, 1.165) is 24.1 Å². The molecule has 0 spiro atoms. The normalized spacial score (nSPS) is 12.1. The summed E-state index contributed by atoms with van der Waals surface area (Å²) in [7, 11) is 0. The molecule has 0 saturated carbocycles. The molecule has 2 aromatic carbocycles. The van der Waals surface area contributed by atoms with Gasteiger partial charge in [0, 0.05) is 18.2 Å². The minimum absolute atomic E-state index is 0.103. The monoisotopic (exact) mass is 288 g/mol. The van der Waals surface area contributed by atoms with E-state index in [1.807, 2.05) is 6.92 Å². The molecule has 0 amide bonds. The molecule has 1 atom stereocenters. The number of nitrogens with one attached hydrogen (secondary N) is 1. The Balaban J connectivity index is 1.83. The van der Waals surface area contributed by atoms with Gasteiger partial charge in [-0.2, -0.15) is 0 Å². The number of rotatable bonds is 6. The molecule has 1 N–H and O–H groups in total. The molecule has 0 bridgehead atoms. The van der Waals surface area contributed by atoms with Gasteiger partial charge < -0.3 is 5.32 Å². The lowest BCUT2D eigenvalue weighted by Gasteiger charge is -2.14. The van der Waals surface area contributed by atoms with E-state index in [2.05, 4.69) is 5.32 Å². The summed E-state index contributed by atoms with van der Waals surface area (Å²) in [5.74, 6) is -0.239. The van der Waals surface area contributed by atoms with Crippen molar-refractivity contribution in [1.29, 1.82) is 0 Å². The number of hydrogen-bond donors (Lipinski definition) is 1. The zero-order chi connectivity index (χ0) is 15.2. The molecule has 5 heteroatoms. The van der Waals surface area contributed by atoms with Crippen LogP contribution < -0.4 is 5.32 Å². The Morgan fingerprint density at radius 3 is 2.33 bits per heavy atom. The van der Waals surface area contributed by atoms with Crippen LogP contribution in [0.3, 0.4) is 0 Å². The van der Waals surface area contributed by atoms with Crippen LogP contribution in [0.5, 0.6) is 0 Å². The smallest absolute Gasteiger partial charge is 0.269 e. The van der Waals surface area contributed by atoms with Crippen molar-refractivity contribution in [2.45, 2.75) is 19.4 Å². The lowest BCUT2D eigenvalue weighted by atomic mass is 10.1. The Kier molecular flexibility index (Phi) is 5.00. The van der Waals surface area contributed by atoms with Gasteiger partial charge in [-0.05, 0) is 43.1 Å². The minimum Gasteiger partial charge on any atom is -0.310 e. The van der Waals surface area contributed by atoms with E-state index in [1.165, 1.54) is 24.3 Å². The van der Waals surface area contributed by atoms with Gasteiger partial charge in [-0.15, -0.1) is 0 Å². The first-order valence-electron chi connectivity index (χ1n) is 6.78. The molecule has 4 nitrogen and oxygen atoms in total. The fourth-order valence-corrected chi connectivity index (χ4v) is 2.09. The SMILES string of the molecule is C[C@H](NCCc1ccc([N+](=O)[O-])cc1)c1ccc(F)cc1. The second kappa shape index (κ2) is 6.95. The largest absolute Gasteiger partial charge is 0.310 e. The summed E-state index contributed by atoms with van der Waals surface area (Å²) in [6, 6.07) is 13.1. The summed E-state index contributed by atoms with van der Waals surface area (Å²) in [5, 5.41) is 13.9. The average molecular weight is 288 g/mol. The van der Waals surface area contributed by atoms with Crippen LogP contribution >= 0.6 is 0 Å². The standard InChI is InChI=1S/C16H17FN2O2/c1-12(14-4-6-15(17)7-5-14)18-11-10-13-2-8-16(9-3-13)19(20)21/h2-9,12,18H,10-11H2,1H3/t12-/m0/s1. The van der Waals surface area contributed by atoms with Gasteiger partial charge in [-0.3, -0.25) is 10.1 Å². The topological polar surface area (TPSA) is 55.2 Å². The number of hydrogen-bond acceptors (Lipinski definition) is 3. The molecule has 2 aromatic rings. The van der Waals surface area contributed by atoms with Gasteiger partial charge in [0.1, 0.15) is 5.82 Å². The number of benzene rings is 2. The average Bonchev–Trinajstić information content (AvgIpc) is 2.48. The van der Waals surface area contributed by atoms with E-state index in [0.29, 0.717) is 0 Å². The Labute approximate surface area is 122 Å². The van der Waals surface area contributed by atoms with E-state index in [9.17, 15) is 14.5 Å². The lowest BCUT2D eigenvalue weighted by molar-refractivity contribution is -0.384. The summed E-state index contributed by atoms with van der Waals surface area (Å²) in [6.07, 6.45) is 0.781. The highest BCUT2D eigenvalue weighted by molar-refractivity contribution is 5.33. The maximum atomic E-state index is 12.8. The van der Waals surface area contributed by atoms with Gasteiger partial charge >= 0.3 is 0 Å². The van der Waals surface area contributed by atoms with Gasteiger partial charge in [0.2, 0.25) is 0 Å². The van der Waals surface area contributed by atoms with Crippen LogP contribution in [0.15, 0.2) is 48.5 Å². The fraction of sp³-hybridized carbons (Fsp3) is 0.250. The highest BCUT2D eigenvalue weighted by atomic mass is 19.1. The molecular formula is C16H17FN2O2. The van der Waals surface area contributed by atoms with Gasteiger partial charge in [0.25, 0.3) is 5.69 Å². The van der Waals surface area contributed by atoms with E-state index in [1.54, 1.807) is 24.3 Å². The van der Waals surface area contributed by atoms with E-state index < -0.39 is 4.92 Å². The van der Waals surface area contributed by atoms with Crippen molar-refractivity contribution < 1.29 is 9.31 Å². The second-order valence-corrected chi connectivity index (χ2v) is 4.90. The first kappa shape index (κ1) is 15.1. The van der Waals surface area contributed by atoms with Crippen LogP contribution in [-0.2, 0) is 6.42 Å². The second-order valence-electron chi connectivity index (χ2n) is 4.90. The Bertz CT molecular complexity index is 597. The van der Waals surface area contributed by atoms with Crippen molar-refractivity contribution in [3.8, 4) is 0 Å². The van der Waals surface area contributed by atoms with E-state index in [-0.39, 0.29) is 17.5 Å². The molecule has 0 unspecified atom stereocenters. The van der Waals surface area contributed by atoms with Crippen LogP contribution in [-0.4, -0.2) is 11.5 Å². The van der Waals surface area contributed by atoms with Crippen molar-refractivity contribution in [2.75, 3.05) is 6.54 Å². The molecule has 110 valence electrons. The molecular weight excluding hydrogens is 271 g/mol. The van der Waals surface area contributed by atoms with Gasteiger partial charge in [-0.1, -0.05) is 24.3 Å². The van der Waals surface area contributed by atoms with Crippen LogP contribution in [0.4, 0.5) is 10.1 Å². The van der Waals surface area contributed by atoms with Gasteiger partial charge in [0.05, 0.1) is 4.92 Å². The maximum Gasteiger partial charge on any atom is 0.269 e. The van der Waals surface area contributed by atoms with Crippen molar-refractivity contribution in [3.63, 3.8) is 0 Å². The summed E-state index contributed by atoms with van der Waals surface area (Å²) in [6.45, 7) is 2.76. The highest BCUT2D eigenvalue weighted by Gasteiger charge is 2.06. The third-order valence-electron chi connectivity index (χ3n) is 3.38. The predicted molar refractivity (Wildman–Crippen MR) is 79.6 cm³/mol. The zero-order valence-electron chi connectivity index (χ0n) is 11.8. The summed E-state index contributed by atoms with van der Waals surface area (Å²) in [4.78, 5) is 10.2. The quantitative estimate of drug-likeness (QED) is 0.652. The number of nitro benzene ring substituents is 1. The van der Waals surface area contributed by atoms with E-state index >= 15 is 0 Å². The van der Waals surface area contributed by atoms with Crippen molar-refractivity contribution in [1.82, 2.24) is 5.32 Å². The molecule has 0 fully saturated rings. The molecule has 0 aliphatic rings. The van der Waals surface area contributed by atoms with Crippen LogP contribution in [0.2, 0.25) is 0 Å². The third kappa shape index (κ3) is 4.36. The Morgan fingerprint density at radius 2 is 1.76 bits per heavy atom. The van der Waals surface area contributed by atoms with Crippen LogP contribution in [0.1, 0.15) is 24.1 Å². The van der Waals surface area contributed by atoms with Crippen molar-refractivity contribution >= 4 is 5.69 Å². The first-order valence-corrected chi connectivity index (χ1v) is 6.78. The maximum absolute atomic E-state index is 12.8. The molecule has 0 heterocycles. The molecule has 2 rings (SSSR count). The minimum atomic E-state index is -0.404. The van der Waals surface area contributed by atoms with Gasteiger partial charge in [0.15, 0.2) is 0 Å². The highest BCUT2D eigenvalue weighted by Crippen LogP contribution is 2.14. The molecule has 0 aliphatic carbocycles.